The van der Waals surface area contributed by atoms with E-state index in [1.807, 2.05) is 0 Å². The smallest absolute Gasteiger partial charge is 0.0462 e. The maximum atomic E-state index is 9.14. The summed E-state index contributed by atoms with van der Waals surface area (Å²) in [4.78, 5) is 0. The van der Waals surface area contributed by atoms with Crippen LogP contribution in [0.5, 0.6) is 0 Å². The van der Waals surface area contributed by atoms with Gasteiger partial charge in [0.2, 0.25) is 0 Å². The maximum absolute atomic E-state index is 9.14. The number of aliphatic hydroxyl groups excluding tert-OH is 1. The lowest BCUT2D eigenvalue weighted by Gasteiger charge is -2.13. The van der Waals surface area contributed by atoms with Crippen LogP contribution in [-0.4, -0.2) is 11.7 Å². The van der Waals surface area contributed by atoms with Gasteiger partial charge in [0.05, 0.1) is 0 Å². The molecule has 0 fully saturated rings. The highest BCUT2D eigenvalue weighted by Gasteiger charge is 2.08. The number of rotatable bonds is 4. The predicted octanol–water partition coefficient (Wildman–Crippen LogP) is 3.32. The Morgan fingerprint density at radius 3 is 2.71 bits per heavy atom. The third-order valence-electron chi connectivity index (χ3n) is 2.66. The van der Waals surface area contributed by atoms with Crippen LogP contribution >= 0.6 is 15.9 Å². The molecular weight excluding hydrogens is 240 g/mol. The minimum absolute atomic E-state index is 0.280. The van der Waals surface area contributed by atoms with Gasteiger partial charge in [-0.25, -0.2) is 0 Å². The Hall–Kier alpha value is -0.340. The third-order valence-corrected chi connectivity index (χ3v) is 3.15. The number of halogens is 1. The van der Waals surface area contributed by atoms with Gasteiger partial charge in [0.1, 0.15) is 0 Å². The molecule has 0 aromatic heterocycles. The van der Waals surface area contributed by atoms with Crippen LogP contribution in [0.1, 0.15) is 24.5 Å². The fourth-order valence-electron chi connectivity index (χ4n) is 1.51. The first-order chi connectivity index (χ1) is 6.67. The summed E-state index contributed by atoms with van der Waals surface area (Å²) in [6.07, 6.45) is 2.00. The molecule has 14 heavy (non-hydrogen) atoms. The zero-order chi connectivity index (χ0) is 10.6. The molecule has 0 bridgehead atoms. The maximum Gasteiger partial charge on any atom is 0.0462 e. The second-order valence-electron chi connectivity index (χ2n) is 3.73. The minimum atomic E-state index is 0.280. The van der Waals surface area contributed by atoms with E-state index in [0.717, 1.165) is 17.3 Å². The first-order valence-corrected chi connectivity index (χ1v) is 5.82. The van der Waals surface area contributed by atoms with Crippen LogP contribution in [0.3, 0.4) is 0 Å². The second-order valence-corrected chi connectivity index (χ2v) is 4.65. The highest BCUT2D eigenvalue weighted by molar-refractivity contribution is 9.10. The molecule has 1 unspecified atom stereocenters. The second kappa shape index (κ2) is 5.52. The number of aliphatic hydroxyl groups is 1. The molecule has 0 aliphatic carbocycles. The van der Waals surface area contributed by atoms with Crippen molar-refractivity contribution in [2.45, 2.75) is 26.7 Å². The molecule has 1 aromatic rings. The van der Waals surface area contributed by atoms with Gasteiger partial charge >= 0.3 is 0 Å². The lowest BCUT2D eigenvalue weighted by molar-refractivity contribution is 0.222. The van der Waals surface area contributed by atoms with Crippen molar-refractivity contribution < 1.29 is 5.11 Å². The zero-order valence-corrected chi connectivity index (χ0v) is 10.3. The molecule has 0 aliphatic heterocycles. The van der Waals surface area contributed by atoms with Gasteiger partial charge in [-0.1, -0.05) is 35.3 Å². The van der Waals surface area contributed by atoms with Crippen molar-refractivity contribution in [3.8, 4) is 0 Å². The molecule has 0 radical (unpaired) electrons. The minimum Gasteiger partial charge on any atom is -0.396 e. The van der Waals surface area contributed by atoms with Gasteiger partial charge in [0.15, 0.2) is 0 Å². The van der Waals surface area contributed by atoms with E-state index < -0.39 is 0 Å². The summed E-state index contributed by atoms with van der Waals surface area (Å²) in [6, 6.07) is 6.32. The average Bonchev–Trinajstić information content (AvgIpc) is 2.19. The molecule has 0 aliphatic rings. The fourth-order valence-corrected chi connectivity index (χ4v) is 1.92. The van der Waals surface area contributed by atoms with Crippen molar-refractivity contribution in [1.82, 2.24) is 0 Å². The highest BCUT2D eigenvalue weighted by atomic mass is 79.9. The zero-order valence-electron chi connectivity index (χ0n) is 8.76. The Labute approximate surface area is 94.3 Å². The van der Waals surface area contributed by atoms with Gasteiger partial charge in [-0.15, -0.1) is 0 Å². The van der Waals surface area contributed by atoms with Crippen LogP contribution in [0.25, 0.3) is 0 Å². The summed E-state index contributed by atoms with van der Waals surface area (Å²) >= 11 is 3.47. The lowest BCUT2D eigenvalue weighted by Crippen LogP contribution is -2.09. The lowest BCUT2D eigenvalue weighted by atomic mass is 9.95. The van der Waals surface area contributed by atoms with Gasteiger partial charge in [0.25, 0.3) is 0 Å². The standard InChI is InChI=1S/C12H17BrO/c1-3-10(8-14)6-11-7-12(13)5-4-9(11)2/h4-5,7,10,14H,3,6,8H2,1-2H3. The van der Waals surface area contributed by atoms with Gasteiger partial charge < -0.3 is 5.11 Å². The average molecular weight is 257 g/mol. The molecule has 1 N–H and O–H groups in total. The molecule has 0 spiro atoms. The third kappa shape index (κ3) is 3.10. The molecule has 1 aromatic carbocycles. The molecule has 0 amide bonds. The Morgan fingerprint density at radius 2 is 2.14 bits per heavy atom. The summed E-state index contributed by atoms with van der Waals surface area (Å²) in [5.74, 6) is 0.392. The molecule has 0 heterocycles. The van der Waals surface area contributed by atoms with Gasteiger partial charge in [-0.3, -0.25) is 0 Å². The van der Waals surface area contributed by atoms with E-state index in [1.165, 1.54) is 11.1 Å². The number of benzene rings is 1. The predicted molar refractivity (Wildman–Crippen MR) is 63.4 cm³/mol. The molecule has 78 valence electrons. The summed E-state index contributed by atoms with van der Waals surface area (Å²) in [5, 5.41) is 9.14. The molecule has 1 nitrogen and oxygen atoms in total. The van der Waals surface area contributed by atoms with Crippen LogP contribution in [-0.2, 0) is 6.42 Å². The fraction of sp³-hybridized carbons (Fsp3) is 0.500. The van der Waals surface area contributed by atoms with Gasteiger partial charge in [-0.05, 0) is 42.5 Å². The molecule has 1 rings (SSSR count). The van der Waals surface area contributed by atoms with Crippen molar-refractivity contribution in [2.75, 3.05) is 6.61 Å². The van der Waals surface area contributed by atoms with Crippen molar-refractivity contribution in [3.63, 3.8) is 0 Å². The van der Waals surface area contributed by atoms with E-state index in [9.17, 15) is 0 Å². The van der Waals surface area contributed by atoms with Crippen LogP contribution in [0, 0.1) is 12.8 Å². The van der Waals surface area contributed by atoms with E-state index in [-0.39, 0.29) is 6.61 Å². The Bertz CT molecular complexity index is 292. The van der Waals surface area contributed by atoms with E-state index in [2.05, 4.69) is 48.0 Å². The van der Waals surface area contributed by atoms with E-state index in [4.69, 9.17) is 5.11 Å². The van der Waals surface area contributed by atoms with Crippen LogP contribution in [0.4, 0.5) is 0 Å². The Kier molecular flexibility index (Phi) is 4.63. The van der Waals surface area contributed by atoms with Crippen LogP contribution in [0.2, 0.25) is 0 Å². The SMILES string of the molecule is CCC(CO)Cc1cc(Br)ccc1C. The molecule has 0 saturated carbocycles. The first-order valence-electron chi connectivity index (χ1n) is 5.03. The van der Waals surface area contributed by atoms with Crippen LogP contribution in [0.15, 0.2) is 22.7 Å². The largest absolute Gasteiger partial charge is 0.396 e. The van der Waals surface area contributed by atoms with Crippen molar-refractivity contribution in [3.05, 3.63) is 33.8 Å². The quantitative estimate of drug-likeness (QED) is 0.877. The monoisotopic (exact) mass is 256 g/mol. The molecule has 2 heteroatoms. The van der Waals surface area contributed by atoms with E-state index in [0.29, 0.717) is 5.92 Å². The normalized spacial score (nSPS) is 12.9. The number of hydrogen-bond acceptors (Lipinski definition) is 1. The number of aryl methyl sites for hydroxylation is 1. The van der Waals surface area contributed by atoms with Gasteiger partial charge in [0, 0.05) is 11.1 Å². The highest BCUT2D eigenvalue weighted by Crippen LogP contribution is 2.20. The Balaban J connectivity index is 2.79. The summed E-state index contributed by atoms with van der Waals surface area (Å²) in [7, 11) is 0. The molecular formula is C12H17BrO. The van der Waals surface area contributed by atoms with E-state index in [1.54, 1.807) is 0 Å². The summed E-state index contributed by atoms with van der Waals surface area (Å²) in [6.45, 7) is 4.52. The van der Waals surface area contributed by atoms with Crippen molar-refractivity contribution in [2.24, 2.45) is 5.92 Å². The molecule has 0 saturated heterocycles. The summed E-state index contributed by atoms with van der Waals surface area (Å²) < 4.78 is 1.12. The first kappa shape index (κ1) is 11.7. The van der Waals surface area contributed by atoms with Crippen LogP contribution < -0.4 is 0 Å². The Morgan fingerprint density at radius 1 is 1.43 bits per heavy atom. The summed E-state index contributed by atoms with van der Waals surface area (Å²) in [5.41, 5.74) is 2.64. The van der Waals surface area contributed by atoms with E-state index >= 15 is 0 Å². The topological polar surface area (TPSA) is 20.2 Å². The number of hydrogen-bond donors (Lipinski definition) is 1. The molecule has 1 atom stereocenters. The van der Waals surface area contributed by atoms with Crippen molar-refractivity contribution >= 4 is 15.9 Å². The van der Waals surface area contributed by atoms with Crippen molar-refractivity contribution in [1.29, 1.82) is 0 Å². The van der Waals surface area contributed by atoms with Gasteiger partial charge in [-0.2, -0.15) is 0 Å².